The lowest BCUT2D eigenvalue weighted by Gasteiger charge is -2.12. The second kappa shape index (κ2) is 6.82. The second-order valence-electron chi connectivity index (χ2n) is 6.76. The third kappa shape index (κ3) is 3.23. The quantitative estimate of drug-likeness (QED) is 0.690. The predicted octanol–water partition coefficient (Wildman–Crippen LogP) is 2.93. The summed E-state index contributed by atoms with van der Waals surface area (Å²) in [5.74, 6) is 1.40. The minimum Gasteiger partial charge on any atom is -0.269 e. The molecular weight excluding hydrogens is 316 g/mol. The summed E-state index contributed by atoms with van der Waals surface area (Å²) in [6.07, 6.45) is 4.11. The summed E-state index contributed by atoms with van der Waals surface area (Å²) in [5, 5.41) is 4.68. The van der Waals surface area contributed by atoms with Gasteiger partial charge < -0.3 is 0 Å². The molecule has 0 aromatic carbocycles. The monoisotopic (exact) mass is 342 g/mol. The van der Waals surface area contributed by atoms with Crippen molar-refractivity contribution in [2.75, 3.05) is 0 Å². The lowest BCUT2D eigenvalue weighted by Crippen LogP contribution is -2.23. The summed E-state index contributed by atoms with van der Waals surface area (Å²) in [7, 11) is 0. The van der Waals surface area contributed by atoms with Crippen molar-refractivity contribution in [3.63, 3.8) is 0 Å². The van der Waals surface area contributed by atoms with Crippen molar-refractivity contribution in [1.29, 1.82) is 0 Å². The SMILES string of the molecule is CCC(CC)n1ccc(Cn2c(C)nc3nc(C(C)C)cc(=O)n32)n1. The molecule has 7 heteroatoms. The molecule has 0 saturated heterocycles. The van der Waals surface area contributed by atoms with Crippen molar-refractivity contribution >= 4 is 5.78 Å². The molecule has 7 nitrogen and oxygen atoms in total. The lowest BCUT2D eigenvalue weighted by molar-refractivity contribution is 0.423. The standard InChI is InChI=1S/C18H26N6O/c1-6-15(7-2)22-9-8-14(21-22)11-23-13(5)19-18-20-16(12(3)4)10-17(25)24(18)23/h8-10,12,15H,6-7,11H2,1-5H3. The first-order valence-electron chi connectivity index (χ1n) is 8.95. The van der Waals surface area contributed by atoms with Crippen LogP contribution in [0.5, 0.6) is 0 Å². The fraction of sp³-hybridized carbons (Fsp3) is 0.556. The highest BCUT2D eigenvalue weighted by Gasteiger charge is 2.15. The molecule has 0 spiro atoms. The maximum absolute atomic E-state index is 12.6. The van der Waals surface area contributed by atoms with Gasteiger partial charge in [0.1, 0.15) is 5.82 Å². The summed E-state index contributed by atoms with van der Waals surface area (Å²) in [6.45, 7) is 10.8. The average Bonchev–Trinajstić information content (AvgIpc) is 3.14. The molecule has 3 aromatic heterocycles. The van der Waals surface area contributed by atoms with Gasteiger partial charge in [0.05, 0.1) is 24.0 Å². The fourth-order valence-electron chi connectivity index (χ4n) is 3.09. The van der Waals surface area contributed by atoms with Crippen LogP contribution in [-0.2, 0) is 6.54 Å². The Labute approximate surface area is 147 Å². The van der Waals surface area contributed by atoms with Gasteiger partial charge >= 0.3 is 0 Å². The number of hydrogen-bond acceptors (Lipinski definition) is 4. The van der Waals surface area contributed by atoms with Crippen LogP contribution in [0, 0.1) is 6.92 Å². The van der Waals surface area contributed by atoms with Crippen LogP contribution in [0.3, 0.4) is 0 Å². The Kier molecular flexibility index (Phi) is 4.74. The first kappa shape index (κ1) is 17.4. The summed E-state index contributed by atoms with van der Waals surface area (Å²) in [5.41, 5.74) is 1.58. The smallest absolute Gasteiger partial charge is 0.269 e. The Morgan fingerprint density at radius 1 is 1.16 bits per heavy atom. The van der Waals surface area contributed by atoms with E-state index >= 15 is 0 Å². The molecule has 0 aliphatic rings. The van der Waals surface area contributed by atoms with Crippen LogP contribution in [0.1, 0.15) is 69.7 Å². The van der Waals surface area contributed by atoms with E-state index in [0.29, 0.717) is 18.4 Å². The lowest BCUT2D eigenvalue weighted by atomic mass is 10.1. The maximum Gasteiger partial charge on any atom is 0.274 e. The van der Waals surface area contributed by atoms with Gasteiger partial charge in [0.2, 0.25) is 0 Å². The van der Waals surface area contributed by atoms with Gasteiger partial charge in [-0.05, 0) is 31.7 Å². The molecule has 25 heavy (non-hydrogen) atoms. The molecular formula is C18H26N6O. The maximum atomic E-state index is 12.6. The third-order valence-corrected chi connectivity index (χ3v) is 4.66. The minimum absolute atomic E-state index is 0.103. The number of fused-ring (bicyclic) bond motifs is 1. The Morgan fingerprint density at radius 3 is 2.52 bits per heavy atom. The van der Waals surface area contributed by atoms with E-state index < -0.39 is 0 Å². The van der Waals surface area contributed by atoms with Crippen molar-refractivity contribution in [3.8, 4) is 0 Å². The summed E-state index contributed by atoms with van der Waals surface area (Å²) in [6, 6.07) is 4.01. The highest BCUT2D eigenvalue weighted by molar-refractivity contribution is 5.29. The molecule has 3 rings (SSSR count). The Balaban J connectivity index is 1.99. The van der Waals surface area contributed by atoms with Gasteiger partial charge in [-0.15, -0.1) is 0 Å². The minimum atomic E-state index is -0.103. The van der Waals surface area contributed by atoms with Crippen molar-refractivity contribution in [2.45, 2.75) is 66.0 Å². The van der Waals surface area contributed by atoms with Crippen LogP contribution in [0.2, 0.25) is 0 Å². The van der Waals surface area contributed by atoms with Crippen molar-refractivity contribution in [2.24, 2.45) is 0 Å². The van der Waals surface area contributed by atoms with E-state index in [9.17, 15) is 4.79 Å². The number of rotatable bonds is 6. The highest BCUT2D eigenvalue weighted by Crippen LogP contribution is 2.15. The molecule has 3 aromatic rings. The largest absolute Gasteiger partial charge is 0.274 e. The zero-order chi connectivity index (χ0) is 18.1. The molecule has 134 valence electrons. The number of hydrogen-bond donors (Lipinski definition) is 0. The molecule has 3 heterocycles. The van der Waals surface area contributed by atoms with Gasteiger partial charge in [0, 0.05) is 12.3 Å². The third-order valence-electron chi connectivity index (χ3n) is 4.66. The molecule has 0 amide bonds. The first-order valence-corrected chi connectivity index (χ1v) is 8.95. The Hall–Kier alpha value is -2.44. The molecule has 0 atom stereocenters. The normalized spacial score (nSPS) is 12.0. The molecule has 0 fully saturated rings. The zero-order valence-electron chi connectivity index (χ0n) is 15.6. The first-order chi connectivity index (χ1) is 11.9. The van der Waals surface area contributed by atoms with Crippen LogP contribution in [0.15, 0.2) is 23.1 Å². The van der Waals surface area contributed by atoms with E-state index in [2.05, 4.69) is 28.9 Å². The average molecular weight is 342 g/mol. The van der Waals surface area contributed by atoms with Crippen LogP contribution in [-0.4, -0.2) is 28.9 Å². The fourth-order valence-corrected chi connectivity index (χ4v) is 3.09. The van der Waals surface area contributed by atoms with Gasteiger partial charge in [-0.2, -0.15) is 14.6 Å². The van der Waals surface area contributed by atoms with Crippen LogP contribution in [0.25, 0.3) is 5.78 Å². The van der Waals surface area contributed by atoms with Gasteiger partial charge in [-0.1, -0.05) is 27.7 Å². The second-order valence-corrected chi connectivity index (χ2v) is 6.76. The molecule has 0 aliphatic carbocycles. The highest BCUT2D eigenvalue weighted by atomic mass is 16.1. The number of aryl methyl sites for hydroxylation is 1. The molecule has 0 aliphatic heterocycles. The molecule has 0 saturated carbocycles. The number of nitrogens with zero attached hydrogens (tertiary/aromatic N) is 6. The van der Waals surface area contributed by atoms with Crippen molar-refractivity contribution in [1.82, 2.24) is 28.9 Å². The van der Waals surface area contributed by atoms with E-state index in [1.807, 2.05) is 42.4 Å². The zero-order valence-corrected chi connectivity index (χ0v) is 15.6. The van der Waals surface area contributed by atoms with E-state index in [4.69, 9.17) is 0 Å². The van der Waals surface area contributed by atoms with Crippen LogP contribution in [0.4, 0.5) is 0 Å². The topological polar surface area (TPSA) is 70.0 Å². The molecule has 0 N–H and O–H groups in total. The van der Waals surface area contributed by atoms with E-state index in [-0.39, 0.29) is 11.5 Å². The Bertz CT molecular complexity index is 929. The summed E-state index contributed by atoms with van der Waals surface area (Å²) >= 11 is 0. The van der Waals surface area contributed by atoms with Crippen molar-refractivity contribution in [3.05, 3.63) is 45.9 Å². The van der Waals surface area contributed by atoms with E-state index in [1.165, 1.54) is 4.52 Å². The Morgan fingerprint density at radius 2 is 1.88 bits per heavy atom. The van der Waals surface area contributed by atoms with Crippen LogP contribution >= 0.6 is 0 Å². The summed E-state index contributed by atoms with van der Waals surface area (Å²) in [4.78, 5) is 21.6. The van der Waals surface area contributed by atoms with E-state index in [1.54, 1.807) is 6.07 Å². The van der Waals surface area contributed by atoms with Crippen LogP contribution < -0.4 is 5.56 Å². The summed E-state index contributed by atoms with van der Waals surface area (Å²) < 4.78 is 5.40. The molecule has 0 radical (unpaired) electrons. The van der Waals surface area contributed by atoms with Gasteiger partial charge in [0.25, 0.3) is 11.3 Å². The number of aromatic nitrogens is 6. The van der Waals surface area contributed by atoms with Crippen molar-refractivity contribution < 1.29 is 0 Å². The van der Waals surface area contributed by atoms with Gasteiger partial charge in [-0.25, -0.2) is 4.98 Å². The molecule has 0 unspecified atom stereocenters. The molecule has 0 bridgehead atoms. The predicted molar refractivity (Wildman–Crippen MR) is 97.0 cm³/mol. The van der Waals surface area contributed by atoms with Gasteiger partial charge in [-0.3, -0.25) is 14.2 Å². The van der Waals surface area contributed by atoms with Gasteiger partial charge in [0.15, 0.2) is 0 Å². The van der Waals surface area contributed by atoms with E-state index in [0.717, 1.165) is 30.1 Å².